The second-order valence-electron chi connectivity index (χ2n) is 6.31. The first-order valence-corrected chi connectivity index (χ1v) is 7.96. The molecule has 7 heteroatoms. The van der Waals surface area contributed by atoms with E-state index < -0.39 is 5.54 Å². The van der Waals surface area contributed by atoms with E-state index in [1.807, 2.05) is 11.5 Å². The fourth-order valence-electron chi connectivity index (χ4n) is 3.44. The minimum absolute atomic E-state index is 0.0652. The molecule has 0 aromatic carbocycles. The highest BCUT2D eigenvalue weighted by molar-refractivity contribution is 5.84. The molecule has 1 fully saturated rings. The van der Waals surface area contributed by atoms with Gasteiger partial charge in [0, 0.05) is 19.6 Å². The highest BCUT2D eigenvalue weighted by atomic mass is 16.5. The number of ether oxygens (including phenoxy) is 2. The number of nitrogens with one attached hydrogen (secondary N) is 1. The molecular formula is C15H24N4O3. The summed E-state index contributed by atoms with van der Waals surface area (Å²) in [6, 6.07) is 0. The highest BCUT2D eigenvalue weighted by Gasteiger charge is 2.43. The van der Waals surface area contributed by atoms with Gasteiger partial charge < -0.3 is 14.8 Å². The molecule has 1 amide bonds. The van der Waals surface area contributed by atoms with Gasteiger partial charge in [-0.2, -0.15) is 0 Å². The van der Waals surface area contributed by atoms with E-state index in [0.717, 1.165) is 24.5 Å². The molecule has 1 N–H and O–H groups in total. The Morgan fingerprint density at radius 1 is 1.45 bits per heavy atom. The predicted octanol–water partition coefficient (Wildman–Crippen LogP) is 0.944. The first-order valence-electron chi connectivity index (χ1n) is 7.96. The zero-order chi connectivity index (χ0) is 15.6. The van der Waals surface area contributed by atoms with Gasteiger partial charge in [-0.05, 0) is 19.8 Å². The number of rotatable bonds is 5. The van der Waals surface area contributed by atoms with Crippen LogP contribution in [0.3, 0.4) is 0 Å². The zero-order valence-electron chi connectivity index (χ0n) is 13.3. The normalized spacial score (nSPS) is 25.2. The lowest BCUT2D eigenvalue weighted by Gasteiger charge is -2.35. The third-order valence-electron chi connectivity index (χ3n) is 4.66. The zero-order valence-corrected chi connectivity index (χ0v) is 13.3. The molecule has 7 nitrogen and oxygen atoms in total. The molecular weight excluding hydrogens is 284 g/mol. The third kappa shape index (κ3) is 2.63. The molecule has 1 atom stereocenters. The van der Waals surface area contributed by atoms with Crippen molar-refractivity contribution >= 4 is 5.91 Å². The summed E-state index contributed by atoms with van der Waals surface area (Å²) in [7, 11) is 1.62. The Balaban J connectivity index is 1.88. The number of methoxy groups -OCH3 is 1. The molecule has 3 rings (SSSR count). The van der Waals surface area contributed by atoms with Crippen molar-refractivity contribution in [3.05, 3.63) is 11.6 Å². The van der Waals surface area contributed by atoms with Crippen LogP contribution in [0.4, 0.5) is 0 Å². The largest absolute Gasteiger partial charge is 0.383 e. The lowest BCUT2D eigenvalue weighted by molar-refractivity contribution is -0.135. The van der Waals surface area contributed by atoms with Crippen LogP contribution < -0.4 is 5.32 Å². The van der Waals surface area contributed by atoms with Crippen molar-refractivity contribution < 1.29 is 14.3 Å². The topological polar surface area (TPSA) is 78.3 Å². The summed E-state index contributed by atoms with van der Waals surface area (Å²) in [5.41, 5.74) is -0.789. The second-order valence-corrected chi connectivity index (χ2v) is 6.31. The van der Waals surface area contributed by atoms with E-state index in [2.05, 4.69) is 15.5 Å². The van der Waals surface area contributed by atoms with Gasteiger partial charge in [-0.3, -0.25) is 9.36 Å². The predicted molar refractivity (Wildman–Crippen MR) is 79.4 cm³/mol. The molecule has 0 spiro atoms. The van der Waals surface area contributed by atoms with Crippen molar-refractivity contribution in [2.24, 2.45) is 0 Å². The van der Waals surface area contributed by atoms with Gasteiger partial charge in [0.2, 0.25) is 5.91 Å². The lowest BCUT2D eigenvalue weighted by Crippen LogP contribution is -2.53. The molecule has 1 aromatic heterocycles. The highest BCUT2D eigenvalue weighted by Crippen LogP contribution is 2.37. The number of amides is 1. The van der Waals surface area contributed by atoms with Gasteiger partial charge in [0.15, 0.2) is 5.82 Å². The van der Waals surface area contributed by atoms with E-state index in [-0.39, 0.29) is 5.91 Å². The molecule has 1 saturated carbocycles. The summed E-state index contributed by atoms with van der Waals surface area (Å²) in [5.74, 6) is 2.03. The molecule has 0 bridgehead atoms. The fraction of sp³-hybridized carbons (Fsp3) is 0.800. The van der Waals surface area contributed by atoms with E-state index in [4.69, 9.17) is 9.47 Å². The minimum Gasteiger partial charge on any atom is -0.383 e. The Morgan fingerprint density at radius 2 is 2.23 bits per heavy atom. The summed E-state index contributed by atoms with van der Waals surface area (Å²) in [5, 5.41) is 11.6. The fourth-order valence-corrected chi connectivity index (χ4v) is 3.44. The van der Waals surface area contributed by atoms with Crippen LogP contribution in [-0.4, -0.2) is 47.5 Å². The quantitative estimate of drug-likeness (QED) is 0.819. The summed E-state index contributed by atoms with van der Waals surface area (Å²) >= 11 is 0. The smallest absolute Gasteiger partial charge is 0.248 e. The van der Waals surface area contributed by atoms with E-state index >= 15 is 0 Å². The SMILES string of the molecule is COCCNC(=O)C1(C)COCc2nnc(C3CCCC3)n21. The third-order valence-corrected chi connectivity index (χ3v) is 4.66. The molecule has 0 radical (unpaired) electrons. The molecule has 1 aromatic rings. The van der Waals surface area contributed by atoms with Crippen LogP contribution in [0, 0.1) is 0 Å². The van der Waals surface area contributed by atoms with Gasteiger partial charge in [0.25, 0.3) is 0 Å². The molecule has 22 heavy (non-hydrogen) atoms. The average molecular weight is 308 g/mol. The Kier molecular flexibility index (Phi) is 4.44. The van der Waals surface area contributed by atoms with Crippen LogP contribution in [0.5, 0.6) is 0 Å². The monoisotopic (exact) mass is 308 g/mol. The van der Waals surface area contributed by atoms with Crippen molar-refractivity contribution in [1.82, 2.24) is 20.1 Å². The van der Waals surface area contributed by atoms with Gasteiger partial charge in [0.05, 0.1) is 13.2 Å². The van der Waals surface area contributed by atoms with Crippen LogP contribution in [0.15, 0.2) is 0 Å². The lowest BCUT2D eigenvalue weighted by atomic mass is 9.98. The van der Waals surface area contributed by atoms with Crippen LogP contribution in [0.2, 0.25) is 0 Å². The van der Waals surface area contributed by atoms with E-state index in [1.165, 1.54) is 12.8 Å². The van der Waals surface area contributed by atoms with Crippen molar-refractivity contribution in [2.45, 2.75) is 50.7 Å². The van der Waals surface area contributed by atoms with Crippen molar-refractivity contribution in [3.8, 4) is 0 Å². The number of hydrogen-bond acceptors (Lipinski definition) is 5. The maximum Gasteiger partial charge on any atom is 0.248 e. The van der Waals surface area contributed by atoms with Crippen molar-refractivity contribution in [3.63, 3.8) is 0 Å². The van der Waals surface area contributed by atoms with E-state index in [9.17, 15) is 4.79 Å². The molecule has 1 unspecified atom stereocenters. The summed E-state index contributed by atoms with van der Waals surface area (Å²) in [6.07, 6.45) is 4.70. The Morgan fingerprint density at radius 3 is 2.95 bits per heavy atom. The maximum atomic E-state index is 12.7. The maximum absolute atomic E-state index is 12.7. The Hall–Kier alpha value is -1.47. The number of carbonyl (C=O) groups excluding carboxylic acids is 1. The number of aromatic nitrogens is 3. The number of fused-ring (bicyclic) bond motifs is 1. The Bertz CT molecular complexity index is 539. The van der Waals surface area contributed by atoms with E-state index in [1.54, 1.807) is 7.11 Å². The number of nitrogens with zero attached hydrogens (tertiary/aromatic N) is 3. The summed E-state index contributed by atoms with van der Waals surface area (Å²) in [4.78, 5) is 12.7. The Labute approximate surface area is 130 Å². The number of hydrogen-bond donors (Lipinski definition) is 1. The summed E-state index contributed by atoms with van der Waals surface area (Å²) in [6.45, 7) is 3.64. The average Bonchev–Trinajstić information content (AvgIpc) is 3.16. The molecule has 2 heterocycles. The molecule has 1 aliphatic heterocycles. The van der Waals surface area contributed by atoms with Gasteiger partial charge >= 0.3 is 0 Å². The first-order chi connectivity index (χ1) is 10.7. The van der Waals surface area contributed by atoms with Crippen LogP contribution in [0.25, 0.3) is 0 Å². The van der Waals surface area contributed by atoms with Crippen LogP contribution in [0.1, 0.15) is 50.2 Å². The van der Waals surface area contributed by atoms with Crippen LogP contribution in [-0.2, 0) is 26.4 Å². The molecule has 122 valence electrons. The van der Waals surface area contributed by atoms with E-state index in [0.29, 0.717) is 32.3 Å². The van der Waals surface area contributed by atoms with Gasteiger partial charge in [-0.25, -0.2) is 0 Å². The van der Waals surface area contributed by atoms with Crippen molar-refractivity contribution in [1.29, 1.82) is 0 Å². The molecule has 0 saturated heterocycles. The second kappa shape index (κ2) is 6.34. The van der Waals surface area contributed by atoms with Gasteiger partial charge in [-0.15, -0.1) is 10.2 Å². The standard InChI is InChI=1S/C15H24N4O3/c1-15(14(20)16-7-8-21-2)10-22-9-12-17-18-13(19(12)15)11-5-3-4-6-11/h11H,3-10H2,1-2H3,(H,16,20). The minimum atomic E-state index is -0.789. The van der Waals surface area contributed by atoms with Crippen LogP contribution >= 0.6 is 0 Å². The van der Waals surface area contributed by atoms with Gasteiger partial charge in [0.1, 0.15) is 18.0 Å². The first kappa shape index (κ1) is 15.4. The van der Waals surface area contributed by atoms with Gasteiger partial charge in [-0.1, -0.05) is 12.8 Å². The number of carbonyl (C=O) groups is 1. The molecule has 2 aliphatic rings. The molecule has 1 aliphatic carbocycles. The van der Waals surface area contributed by atoms with Crippen molar-refractivity contribution in [2.75, 3.05) is 26.9 Å². The summed E-state index contributed by atoms with van der Waals surface area (Å²) < 4.78 is 12.6.